The minimum absolute atomic E-state index is 0.0170. The predicted octanol–water partition coefficient (Wildman–Crippen LogP) is 8.03. The molecule has 1 atom stereocenters. The molecule has 0 aliphatic heterocycles. The molecule has 226 valence electrons. The summed E-state index contributed by atoms with van der Waals surface area (Å²) in [6, 6.07) is 34.9. The number of amides is 3. The molecule has 0 radical (unpaired) electrons. The van der Waals surface area contributed by atoms with E-state index in [0.717, 1.165) is 33.7 Å². The van der Waals surface area contributed by atoms with Crippen LogP contribution < -0.4 is 16.0 Å². The van der Waals surface area contributed by atoms with E-state index in [0.29, 0.717) is 17.0 Å². The van der Waals surface area contributed by atoms with Gasteiger partial charge in [-0.15, -0.1) is 11.8 Å². The van der Waals surface area contributed by atoms with Crippen LogP contribution in [0.4, 0.5) is 11.4 Å². The lowest BCUT2D eigenvalue weighted by molar-refractivity contribution is -0.116. The van der Waals surface area contributed by atoms with Crippen LogP contribution in [0.2, 0.25) is 0 Å². The molecule has 0 saturated heterocycles. The number of benzene rings is 4. The van der Waals surface area contributed by atoms with Crippen LogP contribution in [0.15, 0.2) is 137 Å². The number of thioether (sulfide) groups is 1. The number of para-hydroxylation sites is 1. The Labute approximate surface area is 266 Å². The number of furan rings is 1. The van der Waals surface area contributed by atoms with Gasteiger partial charge in [0.2, 0.25) is 5.91 Å². The standard InChI is InChI=1S/C37H33N3O4S/c1-3-26-18-10-13-25(2)33(26)40-37(43)34(27-14-6-4-7-15-27)45-31-21-11-19-29(23-31)38-36(42)32(24-30-20-12-22-44-30)39-35(41)28-16-8-5-9-17-28/h4-24,34H,3H2,1-2H3,(H,38,42)(H,39,41)(H,40,43)/b32-24-. The predicted molar refractivity (Wildman–Crippen MR) is 180 cm³/mol. The van der Waals surface area contributed by atoms with Crippen molar-refractivity contribution in [3.63, 3.8) is 0 Å². The summed E-state index contributed by atoms with van der Waals surface area (Å²) in [4.78, 5) is 40.9. The maximum Gasteiger partial charge on any atom is 0.272 e. The second-order valence-electron chi connectivity index (χ2n) is 10.2. The Morgan fingerprint density at radius 1 is 0.822 bits per heavy atom. The summed E-state index contributed by atoms with van der Waals surface area (Å²) in [6.07, 6.45) is 3.76. The second-order valence-corrected chi connectivity index (χ2v) is 11.4. The fraction of sp³-hybridized carbons (Fsp3) is 0.108. The number of nitrogens with one attached hydrogen (secondary N) is 3. The molecule has 0 aliphatic rings. The molecule has 1 aromatic heterocycles. The van der Waals surface area contributed by atoms with Gasteiger partial charge in [0.25, 0.3) is 11.8 Å². The number of hydrogen-bond acceptors (Lipinski definition) is 5. The number of carbonyl (C=O) groups excluding carboxylic acids is 3. The average molecular weight is 616 g/mol. The molecule has 0 fully saturated rings. The molecule has 5 rings (SSSR count). The first kappa shape index (κ1) is 31.1. The molecule has 7 nitrogen and oxygen atoms in total. The zero-order chi connectivity index (χ0) is 31.6. The normalized spacial score (nSPS) is 11.8. The van der Waals surface area contributed by atoms with E-state index in [1.807, 2.05) is 73.7 Å². The Morgan fingerprint density at radius 2 is 1.56 bits per heavy atom. The molecule has 0 aliphatic carbocycles. The van der Waals surface area contributed by atoms with Crippen molar-refractivity contribution >= 4 is 46.9 Å². The molecule has 45 heavy (non-hydrogen) atoms. The van der Waals surface area contributed by atoms with Gasteiger partial charge in [-0.05, 0) is 72.5 Å². The van der Waals surface area contributed by atoms with E-state index in [2.05, 4.69) is 22.9 Å². The molecule has 5 aromatic rings. The summed E-state index contributed by atoms with van der Waals surface area (Å²) in [5.41, 5.74) is 4.70. The highest BCUT2D eigenvalue weighted by atomic mass is 32.2. The lowest BCUT2D eigenvalue weighted by Crippen LogP contribution is -2.30. The Kier molecular flexibility index (Phi) is 10.3. The fourth-order valence-corrected chi connectivity index (χ4v) is 5.81. The van der Waals surface area contributed by atoms with Crippen LogP contribution in [0.5, 0.6) is 0 Å². The summed E-state index contributed by atoms with van der Waals surface area (Å²) in [7, 11) is 0. The lowest BCUT2D eigenvalue weighted by Gasteiger charge is -2.20. The largest absolute Gasteiger partial charge is 0.465 e. The highest BCUT2D eigenvalue weighted by Crippen LogP contribution is 2.38. The van der Waals surface area contributed by atoms with Crippen LogP contribution in [0.25, 0.3) is 6.08 Å². The third kappa shape index (κ3) is 8.19. The molecular formula is C37H33N3O4S. The molecule has 8 heteroatoms. The molecule has 1 heterocycles. The van der Waals surface area contributed by atoms with E-state index in [9.17, 15) is 14.4 Å². The van der Waals surface area contributed by atoms with Crippen molar-refractivity contribution < 1.29 is 18.8 Å². The Bertz CT molecular complexity index is 1800. The van der Waals surface area contributed by atoms with Gasteiger partial charge in [-0.2, -0.15) is 0 Å². The zero-order valence-corrected chi connectivity index (χ0v) is 25.8. The van der Waals surface area contributed by atoms with Crippen molar-refractivity contribution in [1.29, 1.82) is 0 Å². The zero-order valence-electron chi connectivity index (χ0n) is 25.0. The molecule has 0 spiro atoms. The minimum atomic E-state index is -0.555. The summed E-state index contributed by atoms with van der Waals surface area (Å²) in [6.45, 7) is 4.05. The van der Waals surface area contributed by atoms with Crippen LogP contribution in [-0.2, 0) is 16.0 Å². The Morgan fingerprint density at radius 3 is 2.27 bits per heavy atom. The topological polar surface area (TPSA) is 100 Å². The average Bonchev–Trinajstić information content (AvgIpc) is 3.58. The first-order chi connectivity index (χ1) is 21.9. The van der Waals surface area contributed by atoms with Crippen molar-refractivity contribution in [3.05, 3.63) is 155 Å². The second kappa shape index (κ2) is 14.9. The summed E-state index contributed by atoms with van der Waals surface area (Å²) >= 11 is 1.39. The van der Waals surface area contributed by atoms with Crippen LogP contribution in [0.1, 0.15) is 45.0 Å². The highest BCUT2D eigenvalue weighted by molar-refractivity contribution is 8.00. The van der Waals surface area contributed by atoms with Gasteiger partial charge in [0.1, 0.15) is 16.7 Å². The Balaban J connectivity index is 1.37. The van der Waals surface area contributed by atoms with Gasteiger partial charge in [-0.1, -0.05) is 79.7 Å². The molecule has 3 N–H and O–H groups in total. The van der Waals surface area contributed by atoms with Crippen molar-refractivity contribution in [2.24, 2.45) is 0 Å². The van der Waals surface area contributed by atoms with Gasteiger partial charge in [-0.3, -0.25) is 14.4 Å². The van der Waals surface area contributed by atoms with Gasteiger partial charge >= 0.3 is 0 Å². The van der Waals surface area contributed by atoms with Crippen LogP contribution >= 0.6 is 11.8 Å². The molecule has 0 bridgehead atoms. The number of aryl methyl sites for hydroxylation is 2. The monoisotopic (exact) mass is 615 g/mol. The van der Waals surface area contributed by atoms with E-state index in [1.54, 1.807) is 48.5 Å². The number of anilines is 2. The van der Waals surface area contributed by atoms with Crippen LogP contribution in [0.3, 0.4) is 0 Å². The first-order valence-corrected chi connectivity index (χ1v) is 15.4. The van der Waals surface area contributed by atoms with Crippen LogP contribution in [-0.4, -0.2) is 17.7 Å². The van der Waals surface area contributed by atoms with Crippen LogP contribution in [0, 0.1) is 6.92 Å². The van der Waals surface area contributed by atoms with Crippen molar-refractivity contribution in [2.45, 2.75) is 30.4 Å². The third-order valence-electron chi connectivity index (χ3n) is 7.03. The van der Waals surface area contributed by atoms with Gasteiger partial charge in [0.05, 0.1) is 6.26 Å². The maximum absolute atomic E-state index is 13.8. The smallest absolute Gasteiger partial charge is 0.272 e. The Hall–Kier alpha value is -5.34. The molecule has 3 amide bonds. The van der Waals surface area contributed by atoms with E-state index < -0.39 is 17.1 Å². The summed E-state index contributed by atoms with van der Waals surface area (Å²) < 4.78 is 5.39. The SMILES string of the molecule is CCc1cccc(C)c1NC(=O)C(Sc1cccc(NC(=O)/C(=C/c2ccco2)NC(=O)c2ccccc2)c1)c1ccccc1. The van der Waals surface area contributed by atoms with Crippen molar-refractivity contribution in [3.8, 4) is 0 Å². The lowest BCUT2D eigenvalue weighted by atomic mass is 10.1. The number of hydrogen-bond donors (Lipinski definition) is 3. The minimum Gasteiger partial charge on any atom is -0.465 e. The number of carbonyl (C=O) groups is 3. The van der Waals surface area contributed by atoms with Gasteiger partial charge in [-0.25, -0.2) is 0 Å². The molecule has 0 saturated carbocycles. The summed E-state index contributed by atoms with van der Waals surface area (Å²) in [5, 5.41) is 8.20. The van der Waals surface area contributed by atoms with E-state index >= 15 is 0 Å². The van der Waals surface area contributed by atoms with Gasteiger partial charge in [0, 0.05) is 27.9 Å². The van der Waals surface area contributed by atoms with E-state index in [-0.39, 0.29) is 11.6 Å². The van der Waals surface area contributed by atoms with Gasteiger partial charge < -0.3 is 20.4 Å². The van der Waals surface area contributed by atoms with Gasteiger partial charge in [0.15, 0.2) is 0 Å². The fourth-order valence-electron chi connectivity index (χ4n) is 4.73. The molecule has 4 aromatic carbocycles. The first-order valence-electron chi connectivity index (χ1n) is 14.5. The molecule has 1 unspecified atom stereocenters. The summed E-state index contributed by atoms with van der Waals surface area (Å²) in [5.74, 6) is -0.683. The third-order valence-corrected chi connectivity index (χ3v) is 8.28. The van der Waals surface area contributed by atoms with Crippen molar-refractivity contribution in [1.82, 2.24) is 5.32 Å². The van der Waals surface area contributed by atoms with Crippen molar-refractivity contribution in [2.75, 3.05) is 10.6 Å². The molecular weight excluding hydrogens is 582 g/mol. The highest BCUT2D eigenvalue weighted by Gasteiger charge is 2.24. The maximum atomic E-state index is 13.8. The van der Waals surface area contributed by atoms with E-state index in [1.165, 1.54) is 24.1 Å². The van der Waals surface area contributed by atoms with E-state index in [4.69, 9.17) is 4.42 Å². The number of rotatable bonds is 11. The quantitative estimate of drug-likeness (QED) is 0.103.